The summed E-state index contributed by atoms with van der Waals surface area (Å²) in [6.45, 7) is 1.57. The van der Waals surface area contributed by atoms with Gasteiger partial charge < -0.3 is 5.32 Å². The highest BCUT2D eigenvalue weighted by atomic mass is 15.1. The van der Waals surface area contributed by atoms with Crippen molar-refractivity contribution in [3.63, 3.8) is 0 Å². The molecular formula is C17H16N6. The standard InChI is InChI=1S/C17H16N6/c1-2-14(15-11-21-22-16(15)3-1)10-19-9-13-4-5-20-17(8-13)23-7-6-18-12-23/h1-8,11-12,19H,9-10H2,(H,21,22). The van der Waals surface area contributed by atoms with Gasteiger partial charge >= 0.3 is 0 Å². The lowest BCUT2D eigenvalue weighted by atomic mass is 10.1. The summed E-state index contributed by atoms with van der Waals surface area (Å²) in [6, 6.07) is 10.3. The van der Waals surface area contributed by atoms with Gasteiger partial charge in [-0.3, -0.25) is 9.67 Å². The minimum atomic E-state index is 0.776. The molecule has 2 N–H and O–H groups in total. The molecule has 1 aromatic carbocycles. The second-order valence-electron chi connectivity index (χ2n) is 5.34. The number of pyridine rings is 1. The first-order valence-corrected chi connectivity index (χ1v) is 7.45. The molecule has 23 heavy (non-hydrogen) atoms. The van der Waals surface area contributed by atoms with E-state index in [1.54, 1.807) is 12.5 Å². The van der Waals surface area contributed by atoms with Crippen LogP contribution in [0.25, 0.3) is 16.7 Å². The highest BCUT2D eigenvalue weighted by Crippen LogP contribution is 2.16. The first-order valence-electron chi connectivity index (χ1n) is 7.45. The van der Waals surface area contributed by atoms with E-state index in [1.807, 2.05) is 41.4 Å². The van der Waals surface area contributed by atoms with Gasteiger partial charge in [0.1, 0.15) is 12.1 Å². The normalized spacial score (nSPS) is 11.1. The molecular weight excluding hydrogens is 288 g/mol. The minimum absolute atomic E-state index is 0.776. The van der Waals surface area contributed by atoms with E-state index in [-0.39, 0.29) is 0 Å². The van der Waals surface area contributed by atoms with Gasteiger partial charge in [-0.2, -0.15) is 5.10 Å². The molecule has 0 fully saturated rings. The number of rotatable bonds is 5. The number of H-pyrrole nitrogens is 1. The maximum atomic E-state index is 4.36. The summed E-state index contributed by atoms with van der Waals surface area (Å²) in [6.07, 6.45) is 9.08. The van der Waals surface area contributed by atoms with Crippen molar-refractivity contribution < 1.29 is 0 Å². The van der Waals surface area contributed by atoms with E-state index in [4.69, 9.17) is 0 Å². The molecule has 3 aromatic heterocycles. The molecule has 0 spiro atoms. The van der Waals surface area contributed by atoms with E-state index in [0.29, 0.717) is 0 Å². The third-order valence-electron chi connectivity index (χ3n) is 3.80. The SMILES string of the molecule is c1cc(CNCc2ccnc(-n3ccnc3)c2)c2cn[nH]c2c1. The second-order valence-corrected chi connectivity index (χ2v) is 5.34. The number of hydrogen-bond donors (Lipinski definition) is 2. The summed E-state index contributed by atoms with van der Waals surface area (Å²) in [5.74, 6) is 0.874. The van der Waals surface area contributed by atoms with E-state index >= 15 is 0 Å². The molecule has 4 aromatic rings. The Morgan fingerprint density at radius 2 is 2.13 bits per heavy atom. The minimum Gasteiger partial charge on any atom is -0.309 e. The van der Waals surface area contributed by atoms with Crippen LogP contribution in [0.4, 0.5) is 0 Å². The fourth-order valence-corrected chi connectivity index (χ4v) is 2.63. The average molecular weight is 304 g/mol. The maximum absolute atomic E-state index is 4.36. The van der Waals surface area contributed by atoms with Crippen LogP contribution in [-0.2, 0) is 13.1 Å². The molecule has 3 heterocycles. The first kappa shape index (κ1) is 13.7. The molecule has 0 saturated heterocycles. The zero-order valence-electron chi connectivity index (χ0n) is 12.5. The Hall–Kier alpha value is -2.99. The van der Waals surface area contributed by atoms with Crippen LogP contribution in [0, 0.1) is 0 Å². The van der Waals surface area contributed by atoms with Crippen LogP contribution in [0.15, 0.2) is 61.4 Å². The predicted octanol–water partition coefficient (Wildman–Crippen LogP) is 2.43. The van der Waals surface area contributed by atoms with Crippen molar-refractivity contribution in [2.75, 3.05) is 0 Å². The van der Waals surface area contributed by atoms with Crippen LogP contribution < -0.4 is 5.32 Å². The van der Waals surface area contributed by atoms with Crippen LogP contribution in [-0.4, -0.2) is 24.7 Å². The molecule has 0 aliphatic rings. The summed E-state index contributed by atoms with van der Waals surface area (Å²) < 4.78 is 1.90. The molecule has 6 heteroatoms. The van der Waals surface area contributed by atoms with Crippen molar-refractivity contribution >= 4 is 10.9 Å². The van der Waals surface area contributed by atoms with Gasteiger partial charge in [-0.25, -0.2) is 9.97 Å². The fraction of sp³-hybridized carbons (Fsp3) is 0.118. The van der Waals surface area contributed by atoms with Crippen LogP contribution in [0.1, 0.15) is 11.1 Å². The molecule has 114 valence electrons. The molecule has 0 bridgehead atoms. The van der Waals surface area contributed by atoms with E-state index in [0.717, 1.165) is 29.8 Å². The zero-order chi connectivity index (χ0) is 15.5. The fourth-order valence-electron chi connectivity index (χ4n) is 2.63. The van der Waals surface area contributed by atoms with E-state index < -0.39 is 0 Å². The molecule has 0 atom stereocenters. The van der Waals surface area contributed by atoms with Gasteiger partial charge in [-0.1, -0.05) is 12.1 Å². The number of hydrogen-bond acceptors (Lipinski definition) is 4. The third kappa shape index (κ3) is 2.84. The first-order chi connectivity index (χ1) is 11.4. The van der Waals surface area contributed by atoms with Crippen molar-refractivity contribution in [1.29, 1.82) is 0 Å². The Morgan fingerprint density at radius 3 is 3.04 bits per heavy atom. The van der Waals surface area contributed by atoms with E-state index in [1.165, 1.54) is 11.1 Å². The summed E-state index contributed by atoms with van der Waals surface area (Å²) in [5, 5.41) is 11.7. The number of aromatic nitrogens is 5. The van der Waals surface area contributed by atoms with Crippen molar-refractivity contribution in [2.24, 2.45) is 0 Å². The van der Waals surface area contributed by atoms with Gasteiger partial charge in [-0.05, 0) is 29.3 Å². The number of nitrogens with one attached hydrogen (secondary N) is 2. The van der Waals surface area contributed by atoms with Crippen molar-refractivity contribution in [3.05, 3.63) is 72.6 Å². The highest BCUT2D eigenvalue weighted by Gasteiger charge is 2.03. The lowest BCUT2D eigenvalue weighted by Crippen LogP contribution is -2.13. The monoisotopic (exact) mass is 304 g/mol. The Bertz CT molecular complexity index is 910. The van der Waals surface area contributed by atoms with Gasteiger partial charge in [0.05, 0.1) is 11.7 Å². The number of benzene rings is 1. The number of nitrogens with zero attached hydrogens (tertiary/aromatic N) is 4. The Kier molecular flexibility index (Phi) is 3.57. The van der Waals surface area contributed by atoms with E-state index in [9.17, 15) is 0 Å². The zero-order valence-corrected chi connectivity index (χ0v) is 12.5. The van der Waals surface area contributed by atoms with Crippen LogP contribution in [0.5, 0.6) is 0 Å². The van der Waals surface area contributed by atoms with Crippen LogP contribution in [0.2, 0.25) is 0 Å². The molecule has 0 aliphatic carbocycles. The van der Waals surface area contributed by atoms with Crippen LogP contribution in [0.3, 0.4) is 0 Å². The van der Waals surface area contributed by atoms with Crippen LogP contribution >= 0.6 is 0 Å². The Morgan fingerprint density at radius 1 is 1.13 bits per heavy atom. The van der Waals surface area contributed by atoms with Gasteiger partial charge in [0.2, 0.25) is 0 Å². The smallest absolute Gasteiger partial charge is 0.138 e. The number of aromatic amines is 1. The summed E-state index contributed by atoms with van der Waals surface area (Å²) in [7, 11) is 0. The number of fused-ring (bicyclic) bond motifs is 1. The summed E-state index contributed by atoms with van der Waals surface area (Å²) >= 11 is 0. The molecule has 0 aliphatic heterocycles. The number of imidazole rings is 1. The van der Waals surface area contributed by atoms with Gasteiger partial charge in [-0.15, -0.1) is 0 Å². The highest BCUT2D eigenvalue weighted by molar-refractivity contribution is 5.81. The Labute approximate surface area is 133 Å². The second kappa shape index (κ2) is 6.02. The topological polar surface area (TPSA) is 71.4 Å². The Balaban J connectivity index is 1.45. The summed E-state index contributed by atoms with van der Waals surface area (Å²) in [4.78, 5) is 8.42. The molecule has 0 saturated carbocycles. The van der Waals surface area contributed by atoms with Crippen molar-refractivity contribution in [1.82, 2.24) is 30.0 Å². The van der Waals surface area contributed by atoms with Gasteiger partial charge in [0, 0.05) is 37.1 Å². The molecule has 0 unspecified atom stereocenters. The molecule has 4 rings (SSSR count). The maximum Gasteiger partial charge on any atom is 0.138 e. The lowest BCUT2D eigenvalue weighted by molar-refractivity contribution is 0.695. The molecule has 0 amide bonds. The molecule has 0 radical (unpaired) electrons. The van der Waals surface area contributed by atoms with Crippen molar-refractivity contribution in [3.8, 4) is 5.82 Å². The largest absolute Gasteiger partial charge is 0.309 e. The van der Waals surface area contributed by atoms with Gasteiger partial charge in [0.15, 0.2) is 0 Å². The predicted molar refractivity (Wildman–Crippen MR) is 88.0 cm³/mol. The van der Waals surface area contributed by atoms with Crippen molar-refractivity contribution in [2.45, 2.75) is 13.1 Å². The average Bonchev–Trinajstić information content (AvgIpc) is 3.27. The molecule has 6 nitrogen and oxygen atoms in total. The third-order valence-corrected chi connectivity index (χ3v) is 3.80. The quantitative estimate of drug-likeness (QED) is 0.594. The summed E-state index contributed by atoms with van der Waals surface area (Å²) in [5.41, 5.74) is 3.49. The lowest BCUT2D eigenvalue weighted by Gasteiger charge is -2.08. The van der Waals surface area contributed by atoms with E-state index in [2.05, 4.69) is 37.6 Å². The van der Waals surface area contributed by atoms with Gasteiger partial charge in [0.25, 0.3) is 0 Å².